The van der Waals surface area contributed by atoms with Crippen LogP contribution in [-0.4, -0.2) is 11.1 Å². The fraction of sp³-hybridized carbons (Fsp3) is 0.125. The second kappa shape index (κ2) is 3.70. The average molecular weight is 207 g/mol. The lowest BCUT2D eigenvalue weighted by Crippen LogP contribution is -2.07. The molecule has 0 radical (unpaired) electrons. The van der Waals surface area contributed by atoms with E-state index in [1.807, 2.05) is 0 Å². The maximum absolute atomic E-state index is 12.9. The number of carbonyl (C=O) groups is 1. The number of hydrogen-bond donors (Lipinski definition) is 1. The quantitative estimate of drug-likeness (QED) is 0.808. The Balaban J connectivity index is 3.08. The van der Waals surface area contributed by atoms with E-state index in [2.05, 4.69) is 0 Å². The highest BCUT2D eigenvalue weighted by atomic mass is 35.5. The van der Waals surface area contributed by atoms with Crippen molar-refractivity contribution in [1.82, 2.24) is 0 Å². The monoisotopic (exact) mass is 206 g/mol. The molecule has 1 aromatic carbocycles. The van der Waals surface area contributed by atoms with Crippen molar-refractivity contribution < 1.29 is 18.7 Å². The SMILES string of the molecule is O=C(O)C(F)c1ccc(Cl)cc1F. The van der Waals surface area contributed by atoms with E-state index in [4.69, 9.17) is 16.7 Å². The Hall–Kier alpha value is -1.16. The zero-order valence-electron chi connectivity index (χ0n) is 6.30. The topological polar surface area (TPSA) is 37.3 Å². The molecule has 1 N–H and O–H groups in total. The highest BCUT2D eigenvalue weighted by molar-refractivity contribution is 6.30. The van der Waals surface area contributed by atoms with Crippen LogP contribution in [0.5, 0.6) is 0 Å². The fourth-order valence-electron chi connectivity index (χ4n) is 0.840. The number of hydrogen-bond acceptors (Lipinski definition) is 1. The molecule has 0 saturated carbocycles. The van der Waals surface area contributed by atoms with Gasteiger partial charge in [0.1, 0.15) is 5.82 Å². The van der Waals surface area contributed by atoms with E-state index >= 15 is 0 Å². The molecule has 0 heterocycles. The van der Waals surface area contributed by atoms with Gasteiger partial charge in [-0.15, -0.1) is 0 Å². The Morgan fingerprint density at radius 1 is 1.54 bits per heavy atom. The largest absolute Gasteiger partial charge is 0.479 e. The number of carboxylic acids is 1. The first-order valence-corrected chi connectivity index (χ1v) is 3.72. The molecule has 1 aromatic rings. The van der Waals surface area contributed by atoms with Crippen LogP contribution in [0.25, 0.3) is 0 Å². The minimum atomic E-state index is -2.35. The maximum atomic E-state index is 12.9. The van der Waals surface area contributed by atoms with Crippen molar-refractivity contribution in [2.75, 3.05) is 0 Å². The summed E-state index contributed by atoms with van der Waals surface area (Å²) < 4.78 is 25.6. The van der Waals surface area contributed by atoms with E-state index in [1.165, 1.54) is 6.07 Å². The molecule has 70 valence electrons. The lowest BCUT2D eigenvalue weighted by Gasteiger charge is -2.04. The van der Waals surface area contributed by atoms with Crippen molar-refractivity contribution in [3.63, 3.8) is 0 Å². The molecule has 0 spiro atoms. The summed E-state index contributed by atoms with van der Waals surface area (Å²) in [5.74, 6) is -2.68. The molecule has 1 atom stereocenters. The number of aliphatic carboxylic acids is 1. The highest BCUT2D eigenvalue weighted by Crippen LogP contribution is 2.23. The zero-order chi connectivity index (χ0) is 10.0. The highest BCUT2D eigenvalue weighted by Gasteiger charge is 2.21. The van der Waals surface area contributed by atoms with Gasteiger partial charge in [-0.1, -0.05) is 17.7 Å². The second-order valence-electron chi connectivity index (χ2n) is 2.37. The van der Waals surface area contributed by atoms with E-state index < -0.39 is 23.5 Å². The van der Waals surface area contributed by atoms with E-state index in [9.17, 15) is 13.6 Å². The summed E-state index contributed by atoms with van der Waals surface area (Å²) in [5, 5.41) is 8.35. The van der Waals surface area contributed by atoms with Gasteiger partial charge in [0, 0.05) is 10.6 Å². The van der Waals surface area contributed by atoms with E-state index in [0.29, 0.717) is 0 Å². The van der Waals surface area contributed by atoms with Crippen LogP contribution in [0.2, 0.25) is 5.02 Å². The standard InChI is InChI=1S/C8H5ClF2O2/c9-4-1-2-5(6(10)3-4)7(11)8(12)13/h1-3,7H,(H,12,13). The summed E-state index contributed by atoms with van der Waals surface area (Å²) in [6.07, 6.45) is -2.35. The molecule has 0 aliphatic heterocycles. The molecule has 1 rings (SSSR count). The van der Waals surface area contributed by atoms with Gasteiger partial charge < -0.3 is 5.11 Å². The van der Waals surface area contributed by atoms with Gasteiger partial charge in [-0.2, -0.15) is 0 Å². The minimum Gasteiger partial charge on any atom is -0.479 e. The van der Waals surface area contributed by atoms with Crippen LogP contribution in [0.3, 0.4) is 0 Å². The Bertz CT molecular complexity index is 341. The van der Waals surface area contributed by atoms with Gasteiger partial charge in [0.05, 0.1) is 0 Å². The molecule has 0 bridgehead atoms. The van der Waals surface area contributed by atoms with Crippen molar-refractivity contribution in [3.8, 4) is 0 Å². The molecule has 0 saturated heterocycles. The Labute approximate surface area is 77.8 Å². The van der Waals surface area contributed by atoms with Gasteiger partial charge >= 0.3 is 5.97 Å². The van der Waals surface area contributed by atoms with Crippen LogP contribution < -0.4 is 0 Å². The van der Waals surface area contributed by atoms with Crippen molar-refractivity contribution in [2.24, 2.45) is 0 Å². The lowest BCUT2D eigenvalue weighted by molar-refractivity contribution is -0.143. The Morgan fingerprint density at radius 3 is 2.62 bits per heavy atom. The molecule has 0 fully saturated rings. The molecule has 1 unspecified atom stereocenters. The van der Waals surface area contributed by atoms with Crippen LogP contribution in [-0.2, 0) is 4.79 Å². The van der Waals surface area contributed by atoms with Crippen LogP contribution in [0, 0.1) is 5.82 Å². The summed E-state index contributed by atoms with van der Waals surface area (Å²) >= 11 is 5.39. The average Bonchev–Trinajstić information content (AvgIpc) is 2.03. The van der Waals surface area contributed by atoms with Crippen molar-refractivity contribution in [2.45, 2.75) is 6.17 Å². The maximum Gasteiger partial charge on any atom is 0.343 e. The van der Waals surface area contributed by atoms with Gasteiger partial charge in [0.2, 0.25) is 6.17 Å². The van der Waals surface area contributed by atoms with Crippen LogP contribution in [0.15, 0.2) is 18.2 Å². The summed E-state index contributed by atoms with van der Waals surface area (Å²) in [4.78, 5) is 10.2. The molecule has 0 aliphatic rings. The first-order valence-electron chi connectivity index (χ1n) is 3.34. The van der Waals surface area contributed by atoms with Crippen LogP contribution in [0.1, 0.15) is 11.7 Å². The predicted molar refractivity (Wildman–Crippen MR) is 42.9 cm³/mol. The van der Waals surface area contributed by atoms with Gasteiger partial charge in [-0.3, -0.25) is 0 Å². The van der Waals surface area contributed by atoms with Crippen molar-refractivity contribution in [1.29, 1.82) is 0 Å². The van der Waals surface area contributed by atoms with Crippen molar-refractivity contribution >= 4 is 17.6 Å². The molecular formula is C8H5ClF2O2. The first kappa shape index (κ1) is 9.92. The van der Waals surface area contributed by atoms with Gasteiger partial charge in [-0.05, 0) is 12.1 Å². The fourth-order valence-corrected chi connectivity index (χ4v) is 0.999. The lowest BCUT2D eigenvalue weighted by atomic mass is 10.1. The second-order valence-corrected chi connectivity index (χ2v) is 2.80. The van der Waals surface area contributed by atoms with Crippen molar-refractivity contribution in [3.05, 3.63) is 34.6 Å². The number of benzene rings is 1. The van der Waals surface area contributed by atoms with Gasteiger partial charge in [0.15, 0.2) is 0 Å². The summed E-state index contributed by atoms with van der Waals surface area (Å²) in [7, 11) is 0. The normalized spacial score (nSPS) is 12.5. The summed E-state index contributed by atoms with van der Waals surface area (Å²) in [6, 6.07) is 3.11. The third kappa shape index (κ3) is 2.15. The smallest absolute Gasteiger partial charge is 0.343 e. The molecule has 13 heavy (non-hydrogen) atoms. The molecule has 5 heteroatoms. The molecular weight excluding hydrogens is 202 g/mol. The van der Waals surface area contributed by atoms with Gasteiger partial charge in [-0.25, -0.2) is 13.6 Å². The number of rotatable bonds is 2. The molecule has 0 aliphatic carbocycles. The molecule has 2 nitrogen and oxygen atoms in total. The Kier molecular flexibility index (Phi) is 2.83. The number of alkyl halides is 1. The predicted octanol–water partition coefficient (Wildman–Crippen LogP) is 2.57. The Morgan fingerprint density at radius 2 is 2.15 bits per heavy atom. The summed E-state index contributed by atoms with van der Waals surface area (Å²) in [5.41, 5.74) is -0.517. The third-order valence-corrected chi connectivity index (χ3v) is 1.69. The number of carboxylic acid groups (broad SMARTS) is 1. The zero-order valence-corrected chi connectivity index (χ0v) is 7.05. The van der Waals surface area contributed by atoms with Crippen LogP contribution in [0.4, 0.5) is 8.78 Å². The van der Waals surface area contributed by atoms with Gasteiger partial charge in [0.25, 0.3) is 0 Å². The number of halogens is 3. The molecule has 0 aromatic heterocycles. The van der Waals surface area contributed by atoms with Crippen LogP contribution >= 0.6 is 11.6 Å². The van der Waals surface area contributed by atoms with E-state index in [0.717, 1.165) is 12.1 Å². The molecule has 0 amide bonds. The summed E-state index contributed by atoms with van der Waals surface area (Å²) in [6.45, 7) is 0. The van der Waals surface area contributed by atoms with E-state index in [-0.39, 0.29) is 5.02 Å². The third-order valence-electron chi connectivity index (χ3n) is 1.45. The minimum absolute atomic E-state index is 0.0961. The first-order chi connectivity index (χ1) is 6.02. The van der Waals surface area contributed by atoms with E-state index in [1.54, 1.807) is 0 Å².